The Labute approximate surface area is 502 Å². The van der Waals surface area contributed by atoms with E-state index in [2.05, 4.69) is 118 Å². The summed E-state index contributed by atoms with van der Waals surface area (Å²) in [5.41, 5.74) is 0. The summed E-state index contributed by atoms with van der Waals surface area (Å²) in [6.07, 6.45) is 93.2. The van der Waals surface area contributed by atoms with Gasteiger partial charge in [-0.2, -0.15) is 0 Å². The normalized spacial score (nSPS) is 12.7. The lowest BCUT2D eigenvalue weighted by molar-refractivity contribution is -0.167. The molecule has 0 fully saturated rings. The molecule has 0 amide bonds. The van der Waals surface area contributed by atoms with Gasteiger partial charge in [0.2, 0.25) is 0 Å². The zero-order chi connectivity index (χ0) is 58.5. The molecule has 0 aromatic heterocycles. The number of hydrogen-bond donors (Lipinski definition) is 0. The van der Waals surface area contributed by atoms with Crippen LogP contribution in [0.25, 0.3) is 0 Å². The van der Waals surface area contributed by atoms with Gasteiger partial charge in [-0.25, -0.2) is 0 Å². The van der Waals surface area contributed by atoms with Crippen LogP contribution in [-0.2, 0) is 28.6 Å². The lowest BCUT2D eigenvalue weighted by atomic mass is 10.0. The summed E-state index contributed by atoms with van der Waals surface area (Å²) in [7, 11) is 0. The van der Waals surface area contributed by atoms with Gasteiger partial charge >= 0.3 is 17.9 Å². The maximum atomic E-state index is 12.9. The molecule has 0 rings (SSSR count). The summed E-state index contributed by atoms with van der Waals surface area (Å²) >= 11 is 0. The molecule has 0 bridgehead atoms. The molecule has 0 N–H and O–H groups in total. The summed E-state index contributed by atoms with van der Waals surface area (Å²) in [4.78, 5) is 38.3. The molecular formula is C75H130O6. The molecule has 6 nitrogen and oxygen atoms in total. The van der Waals surface area contributed by atoms with Crippen LogP contribution in [0.2, 0.25) is 0 Å². The zero-order valence-corrected chi connectivity index (χ0v) is 53.5. The fraction of sp³-hybridized carbons (Fsp3) is 0.747. The minimum Gasteiger partial charge on any atom is -0.462 e. The van der Waals surface area contributed by atoms with E-state index in [0.717, 1.165) is 122 Å². The predicted molar refractivity (Wildman–Crippen MR) is 353 cm³/mol. The van der Waals surface area contributed by atoms with Gasteiger partial charge in [-0.05, 0) is 96.3 Å². The summed E-state index contributed by atoms with van der Waals surface area (Å²) in [5.74, 6) is -0.950. The summed E-state index contributed by atoms with van der Waals surface area (Å²) in [5, 5.41) is 0. The number of rotatable bonds is 63. The minimum absolute atomic E-state index is 0.0987. The third kappa shape index (κ3) is 67.0. The Balaban J connectivity index is 4.23. The highest BCUT2D eigenvalue weighted by Crippen LogP contribution is 2.18. The van der Waals surface area contributed by atoms with Crippen molar-refractivity contribution in [3.05, 3.63) is 97.2 Å². The van der Waals surface area contributed by atoms with Gasteiger partial charge in [0.05, 0.1) is 0 Å². The van der Waals surface area contributed by atoms with E-state index in [1.165, 1.54) is 180 Å². The van der Waals surface area contributed by atoms with Crippen molar-refractivity contribution < 1.29 is 28.6 Å². The zero-order valence-electron chi connectivity index (χ0n) is 53.5. The Morgan fingerprint density at radius 1 is 0.259 bits per heavy atom. The fourth-order valence-corrected chi connectivity index (χ4v) is 9.96. The van der Waals surface area contributed by atoms with Crippen LogP contribution in [0, 0.1) is 0 Å². The third-order valence-corrected chi connectivity index (χ3v) is 15.1. The van der Waals surface area contributed by atoms with E-state index in [1.54, 1.807) is 0 Å². The number of unbranched alkanes of at least 4 members (excludes halogenated alkanes) is 36. The first-order chi connectivity index (χ1) is 40.0. The molecule has 0 radical (unpaired) electrons. The average molecular weight is 1130 g/mol. The Morgan fingerprint density at radius 2 is 0.481 bits per heavy atom. The maximum absolute atomic E-state index is 12.9. The van der Waals surface area contributed by atoms with Crippen molar-refractivity contribution in [3.8, 4) is 0 Å². The molecule has 0 aliphatic rings. The van der Waals surface area contributed by atoms with Gasteiger partial charge in [-0.3, -0.25) is 14.4 Å². The molecule has 0 aromatic rings. The summed E-state index contributed by atoms with van der Waals surface area (Å²) in [6, 6.07) is 0. The van der Waals surface area contributed by atoms with E-state index in [-0.39, 0.29) is 37.5 Å². The molecule has 81 heavy (non-hydrogen) atoms. The third-order valence-electron chi connectivity index (χ3n) is 15.1. The number of allylic oxidation sites excluding steroid dienone is 16. The average Bonchev–Trinajstić information content (AvgIpc) is 3.46. The topological polar surface area (TPSA) is 78.9 Å². The quantitative estimate of drug-likeness (QED) is 0.0261. The van der Waals surface area contributed by atoms with Crippen molar-refractivity contribution in [1.82, 2.24) is 0 Å². The fourth-order valence-electron chi connectivity index (χ4n) is 9.96. The van der Waals surface area contributed by atoms with Crippen molar-refractivity contribution in [2.24, 2.45) is 0 Å². The molecule has 6 heteroatoms. The lowest BCUT2D eigenvalue weighted by Crippen LogP contribution is -2.30. The largest absolute Gasteiger partial charge is 0.462 e. The molecule has 0 aliphatic carbocycles. The van der Waals surface area contributed by atoms with Crippen LogP contribution >= 0.6 is 0 Å². The SMILES string of the molecule is CC/C=C\C/C=C\C/C=C\C/C=C\C/C=C\CCCCCC(=O)OC(COC(=O)CCCCC/C=C\C/C=C\C/C=C\CC)COC(=O)CCCCCCCCCCCCCCCCCCCCCCCCCCCCCCCCC. The van der Waals surface area contributed by atoms with E-state index in [4.69, 9.17) is 14.2 Å². The van der Waals surface area contributed by atoms with Crippen molar-refractivity contribution in [2.75, 3.05) is 13.2 Å². The first kappa shape index (κ1) is 77.3. The van der Waals surface area contributed by atoms with E-state index in [1.807, 2.05) is 0 Å². The van der Waals surface area contributed by atoms with Crippen LogP contribution in [0.5, 0.6) is 0 Å². The second-order valence-electron chi connectivity index (χ2n) is 23.0. The van der Waals surface area contributed by atoms with Gasteiger partial charge in [0.15, 0.2) is 6.10 Å². The smallest absolute Gasteiger partial charge is 0.306 e. The van der Waals surface area contributed by atoms with Crippen LogP contribution in [0.15, 0.2) is 97.2 Å². The van der Waals surface area contributed by atoms with Gasteiger partial charge < -0.3 is 14.2 Å². The maximum Gasteiger partial charge on any atom is 0.306 e. The monoisotopic (exact) mass is 1130 g/mol. The molecule has 0 saturated carbocycles. The van der Waals surface area contributed by atoms with Crippen LogP contribution in [0.4, 0.5) is 0 Å². The molecule has 0 aromatic carbocycles. The Kier molecular flexibility index (Phi) is 65.7. The molecule has 0 heterocycles. The highest BCUT2D eigenvalue weighted by atomic mass is 16.6. The Hall–Kier alpha value is -3.67. The molecular weight excluding hydrogens is 997 g/mol. The second-order valence-corrected chi connectivity index (χ2v) is 23.0. The summed E-state index contributed by atoms with van der Waals surface area (Å²) < 4.78 is 16.9. The molecule has 0 saturated heterocycles. The van der Waals surface area contributed by atoms with Gasteiger partial charge in [0.25, 0.3) is 0 Å². The van der Waals surface area contributed by atoms with E-state index in [9.17, 15) is 14.4 Å². The van der Waals surface area contributed by atoms with Gasteiger partial charge in [0, 0.05) is 19.3 Å². The minimum atomic E-state index is -0.808. The van der Waals surface area contributed by atoms with Gasteiger partial charge in [-0.1, -0.05) is 323 Å². The van der Waals surface area contributed by atoms with E-state index in [0.29, 0.717) is 12.8 Å². The number of carbonyl (C=O) groups is 3. The van der Waals surface area contributed by atoms with Crippen molar-refractivity contribution >= 4 is 17.9 Å². The number of ether oxygens (including phenoxy) is 3. The number of hydrogen-bond acceptors (Lipinski definition) is 6. The number of carbonyl (C=O) groups excluding carboxylic acids is 3. The Bertz CT molecular complexity index is 1580. The van der Waals surface area contributed by atoms with Crippen molar-refractivity contribution in [2.45, 2.75) is 348 Å². The van der Waals surface area contributed by atoms with Gasteiger partial charge in [0.1, 0.15) is 13.2 Å². The lowest BCUT2D eigenvalue weighted by Gasteiger charge is -2.18. The molecule has 0 aliphatic heterocycles. The van der Waals surface area contributed by atoms with Crippen LogP contribution in [-0.4, -0.2) is 37.2 Å². The Morgan fingerprint density at radius 3 is 0.753 bits per heavy atom. The van der Waals surface area contributed by atoms with Crippen molar-refractivity contribution in [1.29, 1.82) is 0 Å². The molecule has 0 spiro atoms. The number of esters is 3. The van der Waals surface area contributed by atoms with E-state index >= 15 is 0 Å². The van der Waals surface area contributed by atoms with E-state index < -0.39 is 6.10 Å². The highest BCUT2D eigenvalue weighted by molar-refractivity contribution is 5.71. The highest BCUT2D eigenvalue weighted by Gasteiger charge is 2.19. The van der Waals surface area contributed by atoms with Crippen LogP contribution < -0.4 is 0 Å². The summed E-state index contributed by atoms with van der Waals surface area (Å²) in [6.45, 7) is 6.40. The van der Waals surface area contributed by atoms with Crippen LogP contribution in [0.1, 0.15) is 342 Å². The second kappa shape index (κ2) is 68.8. The molecule has 1 atom stereocenters. The van der Waals surface area contributed by atoms with Crippen LogP contribution in [0.3, 0.4) is 0 Å². The molecule has 1 unspecified atom stereocenters. The first-order valence-electron chi connectivity index (χ1n) is 34.7. The van der Waals surface area contributed by atoms with Gasteiger partial charge in [-0.15, -0.1) is 0 Å². The predicted octanol–water partition coefficient (Wildman–Crippen LogP) is 24.0. The van der Waals surface area contributed by atoms with Crippen molar-refractivity contribution in [3.63, 3.8) is 0 Å². The standard InChI is InChI=1S/C75H130O6/c1-4-7-10-13-16-19-22-25-27-29-31-32-33-34-35-36-37-38-39-40-41-42-44-45-47-50-53-56-59-62-65-68-74(77)80-71-72(70-79-73(76)67-64-61-58-55-52-49-24-21-18-15-12-9-6-3)81-75(78)69-66-63-60-57-54-51-48-46-43-30-28-26-23-20-17-14-11-8-5-2/h8-9,11-12,17-18,20-21,26,28,43,46,49,51-52,54,72H,4-7,10,13-16,19,22-25,27,29-42,44-45,47-48,50,53,55-71H2,1-3H3/b11-8-,12-9-,20-17-,21-18-,28-26-,46-43-,52-49-,54-51-. The molecule has 466 valence electrons. The first-order valence-corrected chi connectivity index (χ1v) is 34.7.